The molecule has 0 saturated heterocycles. The topological polar surface area (TPSA) is 9.23 Å². The SMILES string of the molecule is Clc1ccc(COC=Cc2ccccc2)cc1. The third-order valence-electron chi connectivity index (χ3n) is 2.32. The summed E-state index contributed by atoms with van der Waals surface area (Å²) >= 11 is 5.80. The van der Waals surface area contributed by atoms with Crippen molar-refractivity contribution in [1.29, 1.82) is 0 Å². The third-order valence-corrected chi connectivity index (χ3v) is 2.57. The molecule has 2 aromatic carbocycles. The molecule has 0 unspecified atom stereocenters. The lowest BCUT2D eigenvalue weighted by molar-refractivity contribution is 0.239. The minimum atomic E-state index is 0.556. The molecule has 1 nitrogen and oxygen atoms in total. The van der Waals surface area contributed by atoms with Gasteiger partial charge < -0.3 is 4.74 Å². The molecule has 0 spiro atoms. The summed E-state index contributed by atoms with van der Waals surface area (Å²) in [6.45, 7) is 0.556. The fourth-order valence-corrected chi connectivity index (χ4v) is 1.54. The second kappa shape index (κ2) is 6.12. The van der Waals surface area contributed by atoms with Crippen LogP contribution in [0.25, 0.3) is 6.08 Å². The van der Waals surface area contributed by atoms with E-state index >= 15 is 0 Å². The lowest BCUT2D eigenvalue weighted by atomic mass is 10.2. The molecule has 0 heterocycles. The van der Waals surface area contributed by atoms with Crippen molar-refractivity contribution in [3.05, 3.63) is 77.0 Å². The van der Waals surface area contributed by atoms with Crippen molar-refractivity contribution in [1.82, 2.24) is 0 Å². The first-order valence-electron chi connectivity index (χ1n) is 5.42. The van der Waals surface area contributed by atoms with E-state index in [1.807, 2.05) is 60.7 Å². The number of benzene rings is 2. The van der Waals surface area contributed by atoms with Crippen molar-refractivity contribution >= 4 is 17.7 Å². The Balaban J connectivity index is 1.84. The molecular formula is C15H13ClO. The van der Waals surface area contributed by atoms with Crippen LogP contribution in [0.4, 0.5) is 0 Å². The van der Waals surface area contributed by atoms with Crippen LogP contribution in [0.2, 0.25) is 5.02 Å². The molecule has 0 N–H and O–H groups in total. The molecule has 0 aromatic heterocycles. The van der Waals surface area contributed by atoms with E-state index < -0.39 is 0 Å². The highest BCUT2D eigenvalue weighted by Crippen LogP contribution is 2.10. The van der Waals surface area contributed by atoms with Crippen molar-refractivity contribution < 1.29 is 4.74 Å². The lowest BCUT2D eigenvalue weighted by Crippen LogP contribution is -1.85. The molecule has 2 aromatic rings. The number of halogens is 1. The third kappa shape index (κ3) is 3.97. The number of hydrogen-bond donors (Lipinski definition) is 0. The summed E-state index contributed by atoms with van der Waals surface area (Å²) in [6, 6.07) is 17.7. The van der Waals surface area contributed by atoms with Gasteiger partial charge in [0, 0.05) is 5.02 Å². The van der Waals surface area contributed by atoms with Crippen LogP contribution < -0.4 is 0 Å². The molecule has 0 amide bonds. The molecule has 17 heavy (non-hydrogen) atoms. The zero-order chi connectivity index (χ0) is 11.9. The summed E-state index contributed by atoms with van der Waals surface area (Å²) in [5.41, 5.74) is 2.23. The Morgan fingerprint density at radius 2 is 1.65 bits per heavy atom. The smallest absolute Gasteiger partial charge is 0.112 e. The first kappa shape index (κ1) is 11.7. The fraction of sp³-hybridized carbons (Fsp3) is 0.0667. The molecule has 2 rings (SSSR count). The van der Waals surface area contributed by atoms with Gasteiger partial charge in [-0.2, -0.15) is 0 Å². The predicted octanol–water partition coefficient (Wildman–Crippen LogP) is 4.53. The average Bonchev–Trinajstić information content (AvgIpc) is 2.38. The molecule has 0 aliphatic rings. The second-order valence-corrected chi connectivity index (χ2v) is 4.09. The van der Waals surface area contributed by atoms with Gasteiger partial charge in [0.15, 0.2) is 0 Å². The first-order chi connectivity index (χ1) is 8.34. The van der Waals surface area contributed by atoms with Crippen molar-refractivity contribution in [3.63, 3.8) is 0 Å². The summed E-state index contributed by atoms with van der Waals surface area (Å²) in [5, 5.41) is 0.744. The zero-order valence-corrected chi connectivity index (χ0v) is 10.1. The van der Waals surface area contributed by atoms with E-state index in [9.17, 15) is 0 Å². The largest absolute Gasteiger partial charge is 0.496 e. The maximum absolute atomic E-state index is 5.80. The molecular weight excluding hydrogens is 232 g/mol. The molecule has 2 heteroatoms. The van der Waals surface area contributed by atoms with Crippen molar-refractivity contribution in [2.45, 2.75) is 6.61 Å². The molecule has 0 aliphatic carbocycles. The second-order valence-electron chi connectivity index (χ2n) is 3.65. The van der Waals surface area contributed by atoms with Gasteiger partial charge in [-0.25, -0.2) is 0 Å². The first-order valence-corrected chi connectivity index (χ1v) is 5.80. The van der Waals surface area contributed by atoms with Crippen LogP contribution in [0, 0.1) is 0 Å². The summed E-state index contributed by atoms with van der Waals surface area (Å²) < 4.78 is 5.44. The average molecular weight is 245 g/mol. The minimum absolute atomic E-state index is 0.556. The van der Waals surface area contributed by atoms with Gasteiger partial charge in [0.2, 0.25) is 0 Å². The van der Waals surface area contributed by atoms with Gasteiger partial charge in [0.25, 0.3) is 0 Å². The van der Waals surface area contributed by atoms with E-state index in [4.69, 9.17) is 16.3 Å². The van der Waals surface area contributed by atoms with Crippen LogP contribution in [-0.4, -0.2) is 0 Å². The predicted molar refractivity (Wildman–Crippen MR) is 71.7 cm³/mol. The number of ether oxygens (including phenoxy) is 1. The molecule has 86 valence electrons. The van der Waals surface area contributed by atoms with Crippen LogP contribution >= 0.6 is 11.6 Å². The van der Waals surface area contributed by atoms with Gasteiger partial charge in [-0.15, -0.1) is 0 Å². The molecule has 0 bridgehead atoms. The lowest BCUT2D eigenvalue weighted by Gasteiger charge is -2.01. The summed E-state index contributed by atoms with van der Waals surface area (Å²) in [7, 11) is 0. The standard InChI is InChI=1S/C15H13ClO/c16-15-8-6-14(7-9-15)12-17-11-10-13-4-2-1-3-5-13/h1-11H,12H2. The number of hydrogen-bond acceptors (Lipinski definition) is 1. The Labute approximate surface area is 106 Å². The molecule has 0 aliphatic heterocycles. The Bertz CT molecular complexity index is 474. The van der Waals surface area contributed by atoms with Crippen molar-refractivity contribution in [3.8, 4) is 0 Å². The zero-order valence-electron chi connectivity index (χ0n) is 9.34. The molecule has 0 fully saturated rings. The van der Waals surface area contributed by atoms with Crippen LogP contribution in [0.1, 0.15) is 11.1 Å². The normalized spacial score (nSPS) is 10.6. The highest BCUT2D eigenvalue weighted by atomic mass is 35.5. The van der Waals surface area contributed by atoms with Crippen LogP contribution in [0.15, 0.2) is 60.9 Å². The van der Waals surface area contributed by atoms with Crippen molar-refractivity contribution in [2.24, 2.45) is 0 Å². The molecule has 0 saturated carbocycles. The highest BCUT2D eigenvalue weighted by molar-refractivity contribution is 6.30. The van der Waals surface area contributed by atoms with E-state index in [0.29, 0.717) is 6.61 Å². The highest BCUT2D eigenvalue weighted by Gasteiger charge is 1.91. The summed E-state index contributed by atoms with van der Waals surface area (Å²) in [6.07, 6.45) is 3.65. The van der Waals surface area contributed by atoms with Gasteiger partial charge in [-0.3, -0.25) is 0 Å². The van der Waals surface area contributed by atoms with Gasteiger partial charge in [-0.05, 0) is 29.3 Å². The van der Waals surface area contributed by atoms with Crippen LogP contribution in [-0.2, 0) is 11.3 Å². The van der Waals surface area contributed by atoms with Crippen LogP contribution in [0.3, 0.4) is 0 Å². The Morgan fingerprint density at radius 3 is 2.35 bits per heavy atom. The van der Waals surface area contributed by atoms with E-state index in [2.05, 4.69) is 0 Å². The van der Waals surface area contributed by atoms with Gasteiger partial charge in [0.1, 0.15) is 6.61 Å². The van der Waals surface area contributed by atoms with E-state index in [1.54, 1.807) is 6.26 Å². The Kier molecular flexibility index (Phi) is 4.23. The Hall–Kier alpha value is -1.73. The van der Waals surface area contributed by atoms with E-state index in [0.717, 1.165) is 16.1 Å². The van der Waals surface area contributed by atoms with Gasteiger partial charge in [-0.1, -0.05) is 54.1 Å². The number of rotatable bonds is 4. The molecule has 0 atom stereocenters. The monoisotopic (exact) mass is 244 g/mol. The van der Waals surface area contributed by atoms with E-state index in [1.165, 1.54) is 0 Å². The Morgan fingerprint density at radius 1 is 0.941 bits per heavy atom. The minimum Gasteiger partial charge on any atom is -0.496 e. The summed E-state index contributed by atoms with van der Waals surface area (Å²) in [4.78, 5) is 0. The quantitative estimate of drug-likeness (QED) is 0.718. The van der Waals surface area contributed by atoms with E-state index in [-0.39, 0.29) is 0 Å². The summed E-state index contributed by atoms with van der Waals surface area (Å²) in [5.74, 6) is 0. The maximum atomic E-state index is 5.80. The maximum Gasteiger partial charge on any atom is 0.112 e. The fourth-order valence-electron chi connectivity index (χ4n) is 1.42. The van der Waals surface area contributed by atoms with Gasteiger partial charge in [0.05, 0.1) is 6.26 Å². The van der Waals surface area contributed by atoms with Gasteiger partial charge >= 0.3 is 0 Å². The van der Waals surface area contributed by atoms with Crippen molar-refractivity contribution in [2.75, 3.05) is 0 Å². The molecule has 0 radical (unpaired) electrons. The van der Waals surface area contributed by atoms with Crippen LogP contribution in [0.5, 0.6) is 0 Å².